The topological polar surface area (TPSA) is 67.8 Å². The van der Waals surface area contributed by atoms with Crippen molar-refractivity contribution in [1.29, 1.82) is 0 Å². The second-order valence-electron chi connectivity index (χ2n) is 5.10. The average Bonchev–Trinajstić information content (AvgIpc) is 2.96. The standard InChI is InChI=1S/C14H12N4OS3/c19-13(12-11(9-1-2-9)15-7-21-12)16-14-18-17-10(22-14)5-8-3-4-20-6-8/h3-4,6-7,9H,1-2,5H2,(H,16,18,19). The monoisotopic (exact) mass is 348 g/mol. The number of thiazole rings is 1. The van der Waals surface area contributed by atoms with E-state index in [1.165, 1.54) is 28.2 Å². The molecular weight excluding hydrogens is 336 g/mol. The minimum absolute atomic E-state index is 0.123. The van der Waals surface area contributed by atoms with Crippen LogP contribution in [0.15, 0.2) is 22.3 Å². The Balaban J connectivity index is 1.45. The fourth-order valence-corrected chi connectivity index (χ4v) is 4.38. The maximum absolute atomic E-state index is 12.4. The van der Waals surface area contributed by atoms with Gasteiger partial charge in [-0.25, -0.2) is 4.98 Å². The fraction of sp³-hybridized carbons (Fsp3) is 0.286. The van der Waals surface area contributed by atoms with Crippen LogP contribution in [0.5, 0.6) is 0 Å². The molecule has 0 spiro atoms. The summed E-state index contributed by atoms with van der Waals surface area (Å²) >= 11 is 4.48. The first-order valence-electron chi connectivity index (χ1n) is 6.88. The highest BCUT2D eigenvalue weighted by molar-refractivity contribution is 7.15. The lowest BCUT2D eigenvalue weighted by Gasteiger charge is -2.00. The summed E-state index contributed by atoms with van der Waals surface area (Å²) in [6, 6.07) is 2.07. The summed E-state index contributed by atoms with van der Waals surface area (Å²) in [6.07, 6.45) is 3.02. The third-order valence-electron chi connectivity index (χ3n) is 3.39. The second-order valence-corrected chi connectivity index (χ2v) is 7.80. The summed E-state index contributed by atoms with van der Waals surface area (Å²) in [7, 11) is 0. The molecule has 1 amide bonds. The van der Waals surface area contributed by atoms with Crippen LogP contribution in [0.3, 0.4) is 0 Å². The predicted molar refractivity (Wildman–Crippen MR) is 89.1 cm³/mol. The van der Waals surface area contributed by atoms with E-state index < -0.39 is 0 Å². The second kappa shape index (κ2) is 5.86. The SMILES string of the molecule is O=C(Nc1nnc(Cc2ccsc2)s1)c1scnc1C1CC1. The molecular formula is C14H12N4OS3. The maximum Gasteiger partial charge on any atom is 0.269 e. The third-order valence-corrected chi connectivity index (χ3v) is 5.80. The number of anilines is 1. The molecule has 1 N–H and O–H groups in total. The normalized spacial score (nSPS) is 14.2. The van der Waals surface area contributed by atoms with E-state index in [0.717, 1.165) is 30.0 Å². The molecule has 0 saturated heterocycles. The molecule has 0 aromatic carbocycles. The van der Waals surface area contributed by atoms with Gasteiger partial charge < -0.3 is 0 Å². The molecule has 3 aromatic heterocycles. The van der Waals surface area contributed by atoms with Gasteiger partial charge in [0.25, 0.3) is 5.91 Å². The van der Waals surface area contributed by atoms with E-state index in [2.05, 4.69) is 31.9 Å². The summed E-state index contributed by atoms with van der Waals surface area (Å²) in [5.74, 6) is 0.346. The quantitative estimate of drug-likeness (QED) is 0.762. The largest absolute Gasteiger partial charge is 0.296 e. The van der Waals surface area contributed by atoms with Crippen LogP contribution in [-0.2, 0) is 6.42 Å². The number of nitrogens with one attached hydrogen (secondary N) is 1. The van der Waals surface area contributed by atoms with E-state index in [-0.39, 0.29) is 5.91 Å². The van der Waals surface area contributed by atoms with Gasteiger partial charge in [0.2, 0.25) is 5.13 Å². The van der Waals surface area contributed by atoms with Crippen molar-refractivity contribution in [1.82, 2.24) is 15.2 Å². The summed E-state index contributed by atoms with van der Waals surface area (Å²) in [4.78, 5) is 17.4. The summed E-state index contributed by atoms with van der Waals surface area (Å²) < 4.78 is 0. The van der Waals surface area contributed by atoms with Crippen molar-refractivity contribution in [3.8, 4) is 0 Å². The molecule has 1 saturated carbocycles. The minimum Gasteiger partial charge on any atom is -0.296 e. The Labute approximate surface area is 139 Å². The highest BCUT2D eigenvalue weighted by Gasteiger charge is 2.30. The zero-order chi connectivity index (χ0) is 14.9. The molecule has 112 valence electrons. The van der Waals surface area contributed by atoms with Crippen LogP contribution >= 0.6 is 34.0 Å². The van der Waals surface area contributed by atoms with E-state index >= 15 is 0 Å². The number of amides is 1. The van der Waals surface area contributed by atoms with Crippen molar-refractivity contribution < 1.29 is 4.79 Å². The first kappa shape index (κ1) is 14.0. The molecule has 1 fully saturated rings. The van der Waals surface area contributed by atoms with Gasteiger partial charge in [0, 0.05) is 12.3 Å². The van der Waals surface area contributed by atoms with E-state index in [1.54, 1.807) is 16.8 Å². The van der Waals surface area contributed by atoms with Crippen molar-refractivity contribution in [3.63, 3.8) is 0 Å². The van der Waals surface area contributed by atoms with Gasteiger partial charge in [0.05, 0.1) is 11.2 Å². The van der Waals surface area contributed by atoms with Gasteiger partial charge in [-0.1, -0.05) is 11.3 Å². The number of hydrogen-bond acceptors (Lipinski definition) is 7. The van der Waals surface area contributed by atoms with Gasteiger partial charge in [0.15, 0.2) is 0 Å². The predicted octanol–water partition coefficient (Wildman–Crippen LogP) is 3.78. The lowest BCUT2D eigenvalue weighted by atomic mass is 10.2. The van der Waals surface area contributed by atoms with Gasteiger partial charge in [-0.05, 0) is 35.2 Å². The van der Waals surface area contributed by atoms with Gasteiger partial charge >= 0.3 is 0 Å². The Morgan fingerprint density at radius 1 is 1.36 bits per heavy atom. The number of carbonyl (C=O) groups is 1. The number of hydrogen-bond donors (Lipinski definition) is 1. The third kappa shape index (κ3) is 2.94. The molecule has 3 heterocycles. The molecule has 0 unspecified atom stereocenters. The van der Waals surface area contributed by atoms with Crippen molar-refractivity contribution in [2.24, 2.45) is 0 Å². The molecule has 0 aliphatic heterocycles. The van der Waals surface area contributed by atoms with Crippen LogP contribution in [0.25, 0.3) is 0 Å². The summed E-state index contributed by atoms with van der Waals surface area (Å²) in [5, 5.41) is 16.6. The van der Waals surface area contributed by atoms with Crippen molar-refractivity contribution in [2.45, 2.75) is 25.2 Å². The van der Waals surface area contributed by atoms with Crippen LogP contribution in [0.2, 0.25) is 0 Å². The maximum atomic E-state index is 12.4. The highest BCUT2D eigenvalue weighted by atomic mass is 32.1. The Bertz CT molecular complexity index is 789. The van der Waals surface area contributed by atoms with Gasteiger partial charge in [0.1, 0.15) is 9.88 Å². The lowest BCUT2D eigenvalue weighted by Crippen LogP contribution is -2.12. The Hall–Kier alpha value is -1.64. The minimum atomic E-state index is -0.123. The molecule has 4 rings (SSSR count). The molecule has 22 heavy (non-hydrogen) atoms. The van der Waals surface area contributed by atoms with E-state index in [0.29, 0.717) is 15.9 Å². The van der Waals surface area contributed by atoms with E-state index in [9.17, 15) is 4.79 Å². The average molecular weight is 348 g/mol. The zero-order valence-electron chi connectivity index (χ0n) is 11.5. The number of rotatable bonds is 5. The Kier molecular flexibility index (Phi) is 3.73. The van der Waals surface area contributed by atoms with Crippen LogP contribution in [0.1, 0.15) is 44.7 Å². The zero-order valence-corrected chi connectivity index (χ0v) is 13.9. The molecule has 1 aliphatic carbocycles. The van der Waals surface area contributed by atoms with Crippen LogP contribution in [0, 0.1) is 0 Å². The molecule has 3 aromatic rings. The van der Waals surface area contributed by atoms with Crippen molar-refractivity contribution in [2.75, 3.05) is 5.32 Å². The molecule has 0 atom stereocenters. The van der Waals surface area contributed by atoms with E-state index in [1.807, 2.05) is 5.38 Å². The molecule has 1 aliphatic rings. The van der Waals surface area contributed by atoms with Crippen molar-refractivity contribution in [3.05, 3.63) is 43.5 Å². The first-order chi connectivity index (χ1) is 10.8. The first-order valence-corrected chi connectivity index (χ1v) is 9.51. The Morgan fingerprint density at radius 3 is 3.05 bits per heavy atom. The van der Waals surface area contributed by atoms with E-state index in [4.69, 9.17) is 0 Å². The van der Waals surface area contributed by atoms with Crippen LogP contribution in [0.4, 0.5) is 5.13 Å². The highest BCUT2D eigenvalue weighted by Crippen LogP contribution is 2.41. The Morgan fingerprint density at radius 2 is 2.27 bits per heavy atom. The molecule has 0 bridgehead atoms. The fourth-order valence-electron chi connectivity index (χ4n) is 2.17. The summed E-state index contributed by atoms with van der Waals surface area (Å²) in [5.41, 5.74) is 3.90. The smallest absolute Gasteiger partial charge is 0.269 e. The lowest BCUT2D eigenvalue weighted by molar-refractivity contribution is 0.102. The van der Waals surface area contributed by atoms with Gasteiger partial charge in [-0.3, -0.25) is 10.1 Å². The number of aromatic nitrogens is 3. The summed E-state index contributed by atoms with van der Waals surface area (Å²) in [6.45, 7) is 0. The molecule has 0 radical (unpaired) electrons. The molecule has 5 nitrogen and oxygen atoms in total. The van der Waals surface area contributed by atoms with Gasteiger partial charge in [-0.2, -0.15) is 11.3 Å². The number of thiophene rings is 1. The van der Waals surface area contributed by atoms with Crippen LogP contribution < -0.4 is 5.32 Å². The van der Waals surface area contributed by atoms with Crippen LogP contribution in [-0.4, -0.2) is 21.1 Å². The number of nitrogens with zero attached hydrogens (tertiary/aromatic N) is 3. The molecule has 8 heteroatoms. The van der Waals surface area contributed by atoms with Crippen molar-refractivity contribution >= 4 is 45.0 Å². The number of carbonyl (C=O) groups excluding carboxylic acids is 1. The van der Waals surface area contributed by atoms with Gasteiger partial charge in [-0.15, -0.1) is 21.5 Å².